The lowest BCUT2D eigenvalue weighted by Crippen LogP contribution is -2.40. The topological polar surface area (TPSA) is 84.9 Å². The van der Waals surface area contributed by atoms with E-state index in [2.05, 4.69) is 5.32 Å². The molecular weight excluding hydrogens is 518 g/mol. The number of benzene rings is 3. The van der Waals surface area contributed by atoms with E-state index in [1.165, 1.54) is 46.8 Å². The summed E-state index contributed by atoms with van der Waals surface area (Å²) in [4.78, 5) is 12.8. The second-order valence-electron chi connectivity index (χ2n) is 7.70. The van der Waals surface area contributed by atoms with E-state index < -0.39 is 21.7 Å². The van der Waals surface area contributed by atoms with Gasteiger partial charge in [-0.05, 0) is 60.2 Å². The number of halogens is 3. The third kappa shape index (κ3) is 6.31. The third-order valence-electron chi connectivity index (χ3n) is 5.22. The maximum atomic E-state index is 13.3. The molecule has 0 unspecified atom stereocenters. The van der Waals surface area contributed by atoms with Gasteiger partial charge in [0.15, 0.2) is 5.75 Å². The highest BCUT2D eigenvalue weighted by Gasteiger charge is 2.27. The molecular formula is C24H21Cl2FN2O5S. The fraction of sp³-hybridized carbons (Fsp3) is 0.208. The highest BCUT2D eigenvalue weighted by molar-refractivity contribution is 7.89. The van der Waals surface area contributed by atoms with Gasteiger partial charge in [0.05, 0.1) is 40.3 Å². The Morgan fingerprint density at radius 3 is 2.40 bits per heavy atom. The molecule has 0 aliphatic carbocycles. The molecule has 1 amide bonds. The molecule has 0 radical (unpaired) electrons. The van der Waals surface area contributed by atoms with Crippen molar-refractivity contribution < 1.29 is 27.1 Å². The van der Waals surface area contributed by atoms with Crippen LogP contribution in [0.25, 0.3) is 0 Å². The van der Waals surface area contributed by atoms with Gasteiger partial charge in [-0.25, -0.2) is 12.8 Å². The van der Waals surface area contributed by atoms with Crippen molar-refractivity contribution in [3.05, 3.63) is 82.1 Å². The molecule has 0 saturated carbocycles. The van der Waals surface area contributed by atoms with Crippen molar-refractivity contribution >= 4 is 44.8 Å². The normalized spacial score (nSPS) is 14.5. The van der Waals surface area contributed by atoms with Gasteiger partial charge in [0.25, 0.3) is 0 Å². The number of nitrogens with zero attached hydrogens (tertiary/aromatic N) is 1. The van der Waals surface area contributed by atoms with Gasteiger partial charge in [0.2, 0.25) is 15.9 Å². The number of rotatable bonds is 7. The number of anilines is 1. The number of amides is 1. The van der Waals surface area contributed by atoms with Gasteiger partial charge < -0.3 is 14.8 Å². The van der Waals surface area contributed by atoms with Gasteiger partial charge in [-0.1, -0.05) is 29.3 Å². The van der Waals surface area contributed by atoms with E-state index in [9.17, 15) is 17.6 Å². The van der Waals surface area contributed by atoms with E-state index in [1.54, 1.807) is 18.2 Å². The van der Waals surface area contributed by atoms with Crippen molar-refractivity contribution in [1.29, 1.82) is 0 Å². The molecule has 7 nitrogen and oxygen atoms in total. The minimum absolute atomic E-state index is 0.00399. The average molecular weight is 539 g/mol. The molecule has 0 spiro atoms. The van der Waals surface area contributed by atoms with Gasteiger partial charge in [-0.3, -0.25) is 4.79 Å². The van der Waals surface area contributed by atoms with Gasteiger partial charge in [0.1, 0.15) is 11.6 Å². The number of sulfonamides is 1. The molecule has 3 aromatic carbocycles. The molecule has 0 atom stereocenters. The van der Waals surface area contributed by atoms with E-state index in [0.29, 0.717) is 34.6 Å². The molecule has 1 saturated heterocycles. The fourth-order valence-electron chi connectivity index (χ4n) is 3.45. The van der Waals surface area contributed by atoms with Crippen LogP contribution in [0.5, 0.6) is 11.5 Å². The van der Waals surface area contributed by atoms with Crippen LogP contribution in [0, 0.1) is 5.82 Å². The lowest BCUT2D eigenvalue weighted by molar-refractivity contribution is -0.115. The predicted octanol–water partition coefficient (Wildman–Crippen LogP) is 5.13. The molecule has 1 N–H and O–H groups in total. The molecule has 184 valence electrons. The van der Waals surface area contributed by atoms with Crippen LogP contribution in [0.15, 0.2) is 65.6 Å². The Kier molecular flexibility index (Phi) is 7.93. The maximum absolute atomic E-state index is 13.3. The van der Waals surface area contributed by atoms with E-state index in [1.807, 2.05) is 0 Å². The van der Waals surface area contributed by atoms with E-state index in [-0.39, 0.29) is 35.8 Å². The number of nitrogens with one attached hydrogen (secondary N) is 1. The molecule has 1 fully saturated rings. The summed E-state index contributed by atoms with van der Waals surface area (Å²) in [6.45, 7) is 1.07. The summed E-state index contributed by atoms with van der Waals surface area (Å²) in [5, 5.41) is 3.40. The number of morpholine rings is 1. The van der Waals surface area contributed by atoms with Crippen LogP contribution >= 0.6 is 23.2 Å². The van der Waals surface area contributed by atoms with Crippen LogP contribution in [0.4, 0.5) is 10.1 Å². The highest BCUT2D eigenvalue weighted by Crippen LogP contribution is 2.33. The third-order valence-corrected chi connectivity index (χ3v) is 7.86. The summed E-state index contributed by atoms with van der Waals surface area (Å²) in [7, 11) is -3.82. The highest BCUT2D eigenvalue weighted by atomic mass is 35.5. The van der Waals surface area contributed by atoms with Crippen molar-refractivity contribution in [2.24, 2.45) is 0 Å². The largest absolute Gasteiger partial charge is 0.455 e. The number of hydrogen-bond donors (Lipinski definition) is 1. The Bertz CT molecular complexity index is 1330. The summed E-state index contributed by atoms with van der Waals surface area (Å²) in [5.41, 5.74) is 0.767. The smallest absolute Gasteiger partial charge is 0.243 e. The molecule has 0 bridgehead atoms. The van der Waals surface area contributed by atoms with Crippen LogP contribution < -0.4 is 10.1 Å². The number of hydrogen-bond acceptors (Lipinski definition) is 5. The van der Waals surface area contributed by atoms with Crippen molar-refractivity contribution in [2.45, 2.75) is 11.3 Å². The van der Waals surface area contributed by atoms with Crippen LogP contribution in [0.2, 0.25) is 10.0 Å². The van der Waals surface area contributed by atoms with Crippen LogP contribution in [0.3, 0.4) is 0 Å². The summed E-state index contributed by atoms with van der Waals surface area (Å²) >= 11 is 12.0. The van der Waals surface area contributed by atoms with Crippen molar-refractivity contribution in [2.75, 3.05) is 31.6 Å². The first kappa shape index (κ1) is 25.4. The molecule has 1 aliphatic heterocycles. The Morgan fingerprint density at radius 2 is 1.71 bits per heavy atom. The number of carbonyl (C=O) groups is 1. The van der Waals surface area contributed by atoms with Gasteiger partial charge in [-0.15, -0.1) is 0 Å². The van der Waals surface area contributed by atoms with Crippen LogP contribution in [0.1, 0.15) is 5.56 Å². The molecule has 11 heteroatoms. The zero-order valence-corrected chi connectivity index (χ0v) is 20.7. The Hall–Kier alpha value is -2.69. The Morgan fingerprint density at radius 1 is 1.00 bits per heavy atom. The van der Waals surface area contributed by atoms with Crippen molar-refractivity contribution in [3.63, 3.8) is 0 Å². The monoisotopic (exact) mass is 538 g/mol. The van der Waals surface area contributed by atoms with Crippen molar-refractivity contribution in [1.82, 2.24) is 4.31 Å². The van der Waals surface area contributed by atoms with E-state index >= 15 is 0 Å². The quantitative estimate of drug-likeness (QED) is 0.450. The zero-order chi connectivity index (χ0) is 25.0. The summed E-state index contributed by atoms with van der Waals surface area (Å²) in [6, 6.07) is 14.3. The Balaban J connectivity index is 1.63. The van der Waals surface area contributed by atoms with Gasteiger partial charge in [0, 0.05) is 13.1 Å². The van der Waals surface area contributed by atoms with Crippen molar-refractivity contribution in [3.8, 4) is 11.5 Å². The van der Waals surface area contributed by atoms with E-state index in [4.69, 9.17) is 32.7 Å². The molecule has 4 rings (SSSR count). The number of carbonyl (C=O) groups excluding carboxylic acids is 1. The van der Waals surface area contributed by atoms with Gasteiger partial charge >= 0.3 is 0 Å². The first-order valence-electron chi connectivity index (χ1n) is 10.6. The second kappa shape index (κ2) is 10.9. The molecule has 0 aromatic heterocycles. The second-order valence-corrected chi connectivity index (χ2v) is 10.5. The average Bonchev–Trinajstić information content (AvgIpc) is 2.84. The summed E-state index contributed by atoms with van der Waals surface area (Å²) < 4.78 is 52.0. The summed E-state index contributed by atoms with van der Waals surface area (Å²) in [6.07, 6.45) is -0.0344. The Labute approximate surface area is 212 Å². The van der Waals surface area contributed by atoms with Gasteiger partial charge in [-0.2, -0.15) is 4.31 Å². The standard InChI is InChI=1S/C24H21Cl2FN2O5S/c25-20-7-1-16(13-21(20)26)14-24(30)28-22-15-19(35(31,32)29-9-11-33-12-10-29)6-8-23(22)34-18-4-2-17(27)3-5-18/h1-8,13,15H,9-12,14H2,(H,28,30). The maximum Gasteiger partial charge on any atom is 0.243 e. The summed E-state index contributed by atoms with van der Waals surface area (Å²) in [5.74, 6) is -0.345. The molecule has 1 aliphatic rings. The fourth-order valence-corrected chi connectivity index (χ4v) is 5.21. The first-order valence-corrected chi connectivity index (χ1v) is 12.8. The van der Waals surface area contributed by atoms with Crippen LogP contribution in [-0.4, -0.2) is 44.9 Å². The minimum atomic E-state index is -3.82. The molecule has 3 aromatic rings. The molecule has 35 heavy (non-hydrogen) atoms. The lowest BCUT2D eigenvalue weighted by Gasteiger charge is -2.26. The van der Waals surface area contributed by atoms with E-state index in [0.717, 1.165) is 0 Å². The predicted molar refractivity (Wildman–Crippen MR) is 131 cm³/mol. The first-order chi connectivity index (χ1) is 16.7. The number of ether oxygens (including phenoxy) is 2. The lowest BCUT2D eigenvalue weighted by atomic mass is 10.1. The minimum Gasteiger partial charge on any atom is -0.455 e. The SMILES string of the molecule is O=C(Cc1ccc(Cl)c(Cl)c1)Nc1cc(S(=O)(=O)N2CCOCC2)ccc1Oc1ccc(F)cc1. The van der Waals surface area contributed by atoms with Crippen LogP contribution in [-0.2, 0) is 26.0 Å². The zero-order valence-electron chi connectivity index (χ0n) is 18.3. The molecule has 1 heterocycles.